The van der Waals surface area contributed by atoms with Crippen molar-refractivity contribution in [1.82, 2.24) is 4.98 Å². The first-order valence-electron chi connectivity index (χ1n) is 6.41. The van der Waals surface area contributed by atoms with Crippen LogP contribution in [-0.2, 0) is 0 Å². The maximum Gasteiger partial charge on any atom is 0.0346 e. The smallest absolute Gasteiger partial charge is 0.0346 e. The summed E-state index contributed by atoms with van der Waals surface area (Å²) in [5.41, 5.74) is 6.18. The molecular formula is C18H15N. The number of rotatable bonds is 2. The fourth-order valence-electron chi connectivity index (χ4n) is 2.26. The van der Waals surface area contributed by atoms with E-state index >= 15 is 0 Å². The third kappa shape index (κ3) is 2.41. The monoisotopic (exact) mass is 245 g/mol. The van der Waals surface area contributed by atoms with Gasteiger partial charge in [0.1, 0.15) is 0 Å². The molecule has 0 unspecified atom stereocenters. The summed E-state index contributed by atoms with van der Waals surface area (Å²) in [6, 6.07) is 21.1. The van der Waals surface area contributed by atoms with Gasteiger partial charge in [0.25, 0.3) is 0 Å². The van der Waals surface area contributed by atoms with Crippen molar-refractivity contribution in [3.63, 3.8) is 0 Å². The van der Waals surface area contributed by atoms with E-state index in [9.17, 15) is 0 Å². The van der Waals surface area contributed by atoms with Crippen LogP contribution in [0.25, 0.3) is 22.3 Å². The zero-order chi connectivity index (χ0) is 13.1. The van der Waals surface area contributed by atoms with Crippen LogP contribution in [0.2, 0.25) is 0 Å². The molecule has 1 heteroatoms. The zero-order valence-corrected chi connectivity index (χ0v) is 10.9. The van der Waals surface area contributed by atoms with Crippen molar-refractivity contribution in [1.29, 1.82) is 0 Å². The molecule has 0 amide bonds. The predicted molar refractivity (Wildman–Crippen MR) is 79.8 cm³/mol. The van der Waals surface area contributed by atoms with Gasteiger partial charge in [-0.05, 0) is 41.3 Å². The second-order valence-corrected chi connectivity index (χ2v) is 4.64. The van der Waals surface area contributed by atoms with Crippen LogP contribution in [0.3, 0.4) is 0 Å². The largest absolute Gasteiger partial charge is 0.264 e. The second kappa shape index (κ2) is 5.07. The molecule has 3 aromatic rings. The Hall–Kier alpha value is -2.41. The van der Waals surface area contributed by atoms with Crippen LogP contribution in [0.1, 0.15) is 5.56 Å². The molecule has 1 nitrogen and oxygen atoms in total. The van der Waals surface area contributed by atoms with E-state index in [4.69, 9.17) is 0 Å². The first-order valence-corrected chi connectivity index (χ1v) is 6.41. The van der Waals surface area contributed by atoms with E-state index in [1.807, 2.05) is 18.3 Å². The van der Waals surface area contributed by atoms with E-state index in [-0.39, 0.29) is 0 Å². The van der Waals surface area contributed by atoms with Crippen molar-refractivity contribution < 1.29 is 0 Å². The van der Waals surface area contributed by atoms with Crippen LogP contribution in [0, 0.1) is 6.92 Å². The van der Waals surface area contributed by atoms with Crippen LogP contribution in [0.5, 0.6) is 0 Å². The molecule has 0 saturated carbocycles. The zero-order valence-electron chi connectivity index (χ0n) is 10.9. The van der Waals surface area contributed by atoms with Gasteiger partial charge in [0.15, 0.2) is 0 Å². The molecule has 2 aromatic carbocycles. The Bertz CT molecular complexity index is 673. The lowest BCUT2D eigenvalue weighted by Crippen LogP contribution is -1.86. The molecule has 0 spiro atoms. The van der Waals surface area contributed by atoms with Crippen LogP contribution in [0.15, 0.2) is 73.1 Å². The molecule has 0 aliphatic rings. The van der Waals surface area contributed by atoms with Gasteiger partial charge in [0, 0.05) is 18.0 Å². The number of hydrogen-bond acceptors (Lipinski definition) is 1. The first-order chi connectivity index (χ1) is 9.34. The van der Waals surface area contributed by atoms with Crippen LogP contribution in [-0.4, -0.2) is 4.98 Å². The Labute approximate surface area is 113 Å². The highest BCUT2D eigenvalue weighted by atomic mass is 14.6. The van der Waals surface area contributed by atoms with Gasteiger partial charge < -0.3 is 0 Å². The van der Waals surface area contributed by atoms with Crippen molar-refractivity contribution >= 4 is 0 Å². The molecule has 0 aliphatic heterocycles. The average Bonchev–Trinajstić information content (AvgIpc) is 2.49. The average molecular weight is 245 g/mol. The van der Waals surface area contributed by atoms with E-state index in [1.54, 1.807) is 6.20 Å². The van der Waals surface area contributed by atoms with Crippen LogP contribution < -0.4 is 0 Å². The summed E-state index contributed by atoms with van der Waals surface area (Å²) in [6.45, 7) is 2.15. The summed E-state index contributed by atoms with van der Waals surface area (Å²) in [7, 11) is 0. The molecule has 0 N–H and O–H groups in total. The molecule has 92 valence electrons. The molecule has 0 radical (unpaired) electrons. The van der Waals surface area contributed by atoms with E-state index in [2.05, 4.69) is 60.4 Å². The van der Waals surface area contributed by atoms with E-state index < -0.39 is 0 Å². The van der Waals surface area contributed by atoms with Crippen molar-refractivity contribution in [2.45, 2.75) is 6.92 Å². The molecule has 1 aromatic heterocycles. The summed E-state index contributed by atoms with van der Waals surface area (Å²) in [6.07, 6.45) is 3.70. The SMILES string of the molecule is Cc1ccc(-c2cccnc2)cc1-c1ccccc1. The fraction of sp³-hybridized carbons (Fsp3) is 0.0556. The molecular weight excluding hydrogens is 230 g/mol. The predicted octanol–water partition coefficient (Wildman–Crippen LogP) is 4.72. The second-order valence-electron chi connectivity index (χ2n) is 4.64. The molecule has 0 saturated heterocycles. The van der Waals surface area contributed by atoms with E-state index in [0.717, 1.165) is 5.56 Å². The standard InChI is InChI=1S/C18H15N/c1-14-9-10-16(17-8-5-11-19-13-17)12-18(14)15-6-3-2-4-7-15/h2-13H,1H3. The topological polar surface area (TPSA) is 12.9 Å². The van der Waals surface area contributed by atoms with Gasteiger partial charge in [0.2, 0.25) is 0 Å². The highest BCUT2D eigenvalue weighted by molar-refractivity contribution is 5.75. The summed E-state index contributed by atoms with van der Waals surface area (Å²) in [5, 5.41) is 0. The first kappa shape index (κ1) is 11.7. The van der Waals surface area contributed by atoms with Crippen LogP contribution in [0.4, 0.5) is 0 Å². The number of aromatic nitrogens is 1. The maximum absolute atomic E-state index is 4.19. The van der Waals surface area contributed by atoms with Gasteiger partial charge >= 0.3 is 0 Å². The molecule has 19 heavy (non-hydrogen) atoms. The van der Waals surface area contributed by atoms with E-state index in [0.29, 0.717) is 0 Å². The highest BCUT2D eigenvalue weighted by Crippen LogP contribution is 2.28. The normalized spacial score (nSPS) is 10.4. The number of pyridine rings is 1. The molecule has 0 bridgehead atoms. The van der Waals surface area contributed by atoms with E-state index in [1.165, 1.54) is 22.3 Å². The van der Waals surface area contributed by atoms with Gasteiger partial charge in [0.05, 0.1) is 0 Å². The summed E-state index contributed by atoms with van der Waals surface area (Å²) in [4.78, 5) is 4.19. The third-order valence-corrected chi connectivity index (χ3v) is 3.32. The molecule has 0 atom stereocenters. The third-order valence-electron chi connectivity index (χ3n) is 3.32. The van der Waals surface area contributed by atoms with Gasteiger partial charge in [-0.15, -0.1) is 0 Å². The van der Waals surface area contributed by atoms with Crippen molar-refractivity contribution in [3.05, 3.63) is 78.6 Å². The lowest BCUT2D eigenvalue weighted by atomic mass is 9.96. The molecule has 0 aliphatic carbocycles. The highest BCUT2D eigenvalue weighted by Gasteiger charge is 2.04. The fourth-order valence-corrected chi connectivity index (χ4v) is 2.26. The molecule has 0 fully saturated rings. The molecule has 1 heterocycles. The Morgan fingerprint density at radius 2 is 1.53 bits per heavy atom. The van der Waals surface area contributed by atoms with Gasteiger partial charge in [-0.25, -0.2) is 0 Å². The van der Waals surface area contributed by atoms with Crippen molar-refractivity contribution in [2.24, 2.45) is 0 Å². The Morgan fingerprint density at radius 1 is 0.737 bits per heavy atom. The maximum atomic E-state index is 4.19. The minimum Gasteiger partial charge on any atom is -0.264 e. The number of benzene rings is 2. The lowest BCUT2D eigenvalue weighted by molar-refractivity contribution is 1.33. The minimum atomic E-state index is 1.15. The van der Waals surface area contributed by atoms with Crippen molar-refractivity contribution in [2.75, 3.05) is 0 Å². The summed E-state index contributed by atoms with van der Waals surface area (Å²) in [5.74, 6) is 0. The minimum absolute atomic E-state index is 1.15. The van der Waals surface area contributed by atoms with Crippen LogP contribution >= 0.6 is 0 Å². The lowest BCUT2D eigenvalue weighted by Gasteiger charge is -2.09. The number of nitrogens with zero attached hydrogens (tertiary/aromatic N) is 1. The van der Waals surface area contributed by atoms with Crippen molar-refractivity contribution in [3.8, 4) is 22.3 Å². The van der Waals surface area contributed by atoms with Gasteiger partial charge in [-0.1, -0.05) is 48.5 Å². The quantitative estimate of drug-likeness (QED) is 0.636. The number of hydrogen-bond donors (Lipinski definition) is 0. The Kier molecular flexibility index (Phi) is 3.11. The van der Waals surface area contributed by atoms with Gasteiger partial charge in [-0.3, -0.25) is 4.98 Å². The molecule has 3 rings (SSSR count). The van der Waals surface area contributed by atoms with Gasteiger partial charge in [-0.2, -0.15) is 0 Å². The Morgan fingerprint density at radius 3 is 2.26 bits per heavy atom. The summed E-state index contributed by atoms with van der Waals surface area (Å²) < 4.78 is 0. The summed E-state index contributed by atoms with van der Waals surface area (Å²) >= 11 is 0. The number of aryl methyl sites for hydroxylation is 1. The Balaban J connectivity index is 2.12.